The van der Waals surface area contributed by atoms with Crippen molar-refractivity contribution in [1.82, 2.24) is 0 Å². The Labute approximate surface area is 152 Å². The molecule has 3 heterocycles. The molecule has 0 aliphatic carbocycles. The largest absolute Gasteiger partial charge is 0.461 e. The number of aliphatic hydroxyl groups excluding tert-OH is 1. The Balaban J connectivity index is 2.06. The summed E-state index contributed by atoms with van der Waals surface area (Å²) < 4.78 is 16.9. The summed E-state index contributed by atoms with van der Waals surface area (Å²) in [6, 6.07) is 0. The van der Waals surface area contributed by atoms with Crippen molar-refractivity contribution in [2.75, 3.05) is 0 Å². The van der Waals surface area contributed by atoms with Crippen LogP contribution in [0.4, 0.5) is 0 Å². The molecule has 2 fully saturated rings. The fourth-order valence-corrected chi connectivity index (χ4v) is 3.88. The third kappa shape index (κ3) is 2.98. The van der Waals surface area contributed by atoms with Crippen LogP contribution in [0, 0.1) is 11.8 Å². The van der Waals surface area contributed by atoms with Crippen LogP contribution in [-0.2, 0) is 23.8 Å². The van der Waals surface area contributed by atoms with Gasteiger partial charge in [-0.1, -0.05) is 20.4 Å². The fraction of sp³-hybridized carbons (Fsp3) is 0.684. The second-order valence-corrected chi connectivity index (χ2v) is 8.02. The van der Waals surface area contributed by atoms with Crippen LogP contribution in [0.1, 0.15) is 40.5 Å². The van der Waals surface area contributed by atoms with Gasteiger partial charge in [-0.15, -0.1) is 0 Å². The van der Waals surface area contributed by atoms with Crippen molar-refractivity contribution < 1.29 is 34.0 Å². The van der Waals surface area contributed by atoms with E-state index in [2.05, 4.69) is 6.58 Å². The first-order valence-corrected chi connectivity index (χ1v) is 8.86. The summed E-state index contributed by atoms with van der Waals surface area (Å²) >= 11 is 0. The van der Waals surface area contributed by atoms with E-state index < -0.39 is 47.6 Å². The molecule has 0 radical (unpaired) electrons. The lowest BCUT2D eigenvalue weighted by molar-refractivity contribution is -0.209. The van der Waals surface area contributed by atoms with Gasteiger partial charge in [0.15, 0.2) is 5.79 Å². The van der Waals surface area contributed by atoms with Gasteiger partial charge in [-0.3, -0.25) is 4.79 Å². The van der Waals surface area contributed by atoms with E-state index in [0.717, 1.165) is 0 Å². The molecular weight excluding hydrogens is 340 g/mol. The van der Waals surface area contributed by atoms with Crippen LogP contribution in [0.3, 0.4) is 0 Å². The minimum atomic E-state index is -1.66. The molecule has 7 nitrogen and oxygen atoms in total. The van der Waals surface area contributed by atoms with Crippen LogP contribution in [0.25, 0.3) is 0 Å². The minimum Gasteiger partial charge on any atom is -0.461 e. The summed E-state index contributed by atoms with van der Waals surface area (Å²) in [6.07, 6.45) is -0.763. The van der Waals surface area contributed by atoms with Crippen molar-refractivity contribution in [3.8, 4) is 0 Å². The average Bonchev–Trinajstić information content (AvgIpc) is 2.93. The van der Waals surface area contributed by atoms with Crippen LogP contribution in [0.5, 0.6) is 0 Å². The zero-order valence-electron chi connectivity index (χ0n) is 15.5. The molecule has 3 aliphatic heterocycles. The molecule has 3 aliphatic rings. The van der Waals surface area contributed by atoms with E-state index in [4.69, 9.17) is 14.2 Å². The summed E-state index contributed by atoms with van der Waals surface area (Å²) in [5, 5.41) is 21.4. The van der Waals surface area contributed by atoms with Gasteiger partial charge >= 0.3 is 11.9 Å². The highest BCUT2D eigenvalue weighted by Crippen LogP contribution is 2.48. The van der Waals surface area contributed by atoms with Crippen molar-refractivity contribution in [3.63, 3.8) is 0 Å². The number of hydrogen-bond acceptors (Lipinski definition) is 7. The third-order valence-electron chi connectivity index (χ3n) is 5.61. The van der Waals surface area contributed by atoms with E-state index in [-0.39, 0.29) is 24.3 Å². The van der Waals surface area contributed by atoms with Gasteiger partial charge in [-0.25, -0.2) is 4.79 Å². The standard InChI is InChI=1S/C19H26O7/c1-9(2)16(21)25-13-7-18(5)14(20)8-19(23,26-18)10(3)6-12-15(13)11(4)17(22)24-12/h6,9,12-15,20,23H,4,7-8H2,1-3,5H3/b10-6+/t12-,13-,14+,15+,18-,19-/m1/s1. The lowest BCUT2D eigenvalue weighted by Gasteiger charge is -2.34. The molecule has 26 heavy (non-hydrogen) atoms. The monoisotopic (exact) mass is 366 g/mol. The molecule has 6 atom stereocenters. The van der Waals surface area contributed by atoms with Crippen molar-refractivity contribution in [1.29, 1.82) is 0 Å². The summed E-state index contributed by atoms with van der Waals surface area (Å²) in [4.78, 5) is 24.3. The van der Waals surface area contributed by atoms with E-state index in [9.17, 15) is 19.8 Å². The number of rotatable bonds is 2. The lowest BCUT2D eigenvalue weighted by Crippen LogP contribution is -2.45. The van der Waals surface area contributed by atoms with Crippen molar-refractivity contribution in [2.45, 2.75) is 70.2 Å². The Bertz CT molecular complexity index is 681. The summed E-state index contributed by atoms with van der Waals surface area (Å²) in [7, 11) is 0. The fourth-order valence-electron chi connectivity index (χ4n) is 3.88. The Kier molecular flexibility index (Phi) is 4.53. The van der Waals surface area contributed by atoms with Gasteiger partial charge in [0, 0.05) is 18.4 Å². The highest BCUT2D eigenvalue weighted by Gasteiger charge is 2.58. The topological polar surface area (TPSA) is 102 Å². The number of ether oxygens (including phenoxy) is 3. The highest BCUT2D eigenvalue weighted by atomic mass is 16.7. The molecular formula is C19H26O7. The van der Waals surface area contributed by atoms with Gasteiger partial charge in [-0.2, -0.15) is 0 Å². The highest BCUT2D eigenvalue weighted by molar-refractivity contribution is 5.91. The SMILES string of the molecule is C=C1C(=O)O[C@@H]2/C=C(\C)[C@@]3(O)C[C@H](O)[C@@](C)(C[C@@H](OC(=O)C(C)C)[C@@H]12)O3. The van der Waals surface area contributed by atoms with E-state index in [1.807, 2.05) is 0 Å². The number of fused-ring (bicyclic) bond motifs is 3. The maximum Gasteiger partial charge on any atom is 0.334 e. The van der Waals surface area contributed by atoms with Gasteiger partial charge in [0.25, 0.3) is 0 Å². The molecule has 0 amide bonds. The number of hydrogen-bond donors (Lipinski definition) is 2. The maximum absolute atomic E-state index is 12.2. The Morgan fingerprint density at radius 2 is 2.08 bits per heavy atom. The zero-order valence-corrected chi connectivity index (χ0v) is 15.5. The molecule has 2 N–H and O–H groups in total. The van der Waals surface area contributed by atoms with E-state index in [1.165, 1.54) is 0 Å². The third-order valence-corrected chi connectivity index (χ3v) is 5.61. The van der Waals surface area contributed by atoms with Crippen LogP contribution in [0.2, 0.25) is 0 Å². The molecule has 0 spiro atoms. The zero-order chi connectivity index (χ0) is 19.4. The first-order chi connectivity index (χ1) is 12.0. The number of carbonyl (C=O) groups excluding carboxylic acids is 2. The molecule has 7 heteroatoms. The first-order valence-electron chi connectivity index (χ1n) is 8.86. The first kappa shape index (κ1) is 19.1. The van der Waals surface area contributed by atoms with E-state index >= 15 is 0 Å². The van der Waals surface area contributed by atoms with Crippen LogP contribution >= 0.6 is 0 Å². The molecule has 0 saturated carbocycles. The maximum atomic E-state index is 12.2. The summed E-state index contributed by atoms with van der Waals surface area (Å²) in [5.41, 5.74) is -0.496. The Morgan fingerprint density at radius 3 is 2.69 bits per heavy atom. The molecule has 0 unspecified atom stereocenters. The summed E-state index contributed by atoms with van der Waals surface area (Å²) in [6.45, 7) is 10.6. The Hall–Kier alpha value is -1.70. The molecule has 0 aromatic heterocycles. The quantitative estimate of drug-likeness (QED) is 0.430. The average molecular weight is 366 g/mol. The number of carbonyl (C=O) groups is 2. The smallest absolute Gasteiger partial charge is 0.334 e. The van der Waals surface area contributed by atoms with Crippen molar-refractivity contribution >= 4 is 11.9 Å². The van der Waals surface area contributed by atoms with Crippen molar-refractivity contribution in [2.24, 2.45) is 11.8 Å². The van der Waals surface area contributed by atoms with Gasteiger partial charge in [0.1, 0.15) is 12.2 Å². The minimum absolute atomic E-state index is 0.0110. The second-order valence-electron chi connectivity index (χ2n) is 8.02. The Morgan fingerprint density at radius 1 is 1.42 bits per heavy atom. The number of aliphatic hydroxyl groups is 2. The molecule has 144 valence electrons. The number of esters is 2. The van der Waals surface area contributed by atoms with Gasteiger partial charge in [0.05, 0.1) is 23.5 Å². The van der Waals surface area contributed by atoms with Crippen LogP contribution < -0.4 is 0 Å². The van der Waals surface area contributed by atoms with E-state index in [1.54, 1.807) is 33.8 Å². The normalized spacial score (nSPS) is 44.5. The molecule has 2 saturated heterocycles. The molecule has 0 aromatic carbocycles. The second kappa shape index (κ2) is 6.18. The van der Waals surface area contributed by atoms with E-state index in [0.29, 0.717) is 5.57 Å². The predicted molar refractivity (Wildman–Crippen MR) is 90.7 cm³/mol. The summed E-state index contributed by atoms with van der Waals surface area (Å²) in [5.74, 6) is -3.60. The van der Waals surface area contributed by atoms with Gasteiger partial charge < -0.3 is 24.4 Å². The van der Waals surface area contributed by atoms with Crippen LogP contribution in [0.15, 0.2) is 23.8 Å². The molecule has 2 bridgehead atoms. The van der Waals surface area contributed by atoms with Crippen molar-refractivity contribution in [3.05, 3.63) is 23.8 Å². The molecule has 3 rings (SSSR count). The lowest BCUT2D eigenvalue weighted by atomic mass is 9.80. The van der Waals surface area contributed by atoms with Gasteiger partial charge in [0.2, 0.25) is 0 Å². The van der Waals surface area contributed by atoms with Gasteiger partial charge in [-0.05, 0) is 25.5 Å². The molecule has 0 aromatic rings. The van der Waals surface area contributed by atoms with Crippen LogP contribution in [-0.4, -0.2) is 51.9 Å². The predicted octanol–water partition coefficient (Wildman–Crippen LogP) is 1.23.